The molecule has 1 aliphatic heterocycles. The summed E-state index contributed by atoms with van der Waals surface area (Å²) in [6, 6.07) is 5.44. The molecule has 0 saturated heterocycles. The second-order valence-corrected chi connectivity index (χ2v) is 6.41. The first kappa shape index (κ1) is 14.9. The van der Waals surface area contributed by atoms with E-state index in [9.17, 15) is 4.39 Å². The molecular formula is C18H19FN4O. The van der Waals surface area contributed by atoms with Gasteiger partial charge in [-0.25, -0.2) is 4.39 Å². The Morgan fingerprint density at radius 1 is 1.33 bits per heavy atom. The van der Waals surface area contributed by atoms with Gasteiger partial charge in [0, 0.05) is 41.7 Å². The average Bonchev–Trinajstić information content (AvgIpc) is 3.22. The maximum atomic E-state index is 13.3. The Balaban J connectivity index is 1.57. The Kier molecular flexibility index (Phi) is 3.59. The van der Waals surface area contributed by atoms with Crippen LogP contribution in [0.15, 0.2) is 35.0 Å². The molecule has 5 nitrogen and oxygen atoms in total. The van der Waals surface area contributed by atoms with Crippen molar-refractivity contribution >= 4 is 22.5 Å². The second kappa shape index (κ2) is 5.78. The molecular weight excluding hydrogens is 307 g/mol. The number of halogens is 1. The average molecular weight is 326 g/mol. The van der Waals surface area contributed by atoms with Crippen LogP contribution in [-0.2, 0) is 0 Å². The minimum absolute atomic E-state index is 0.225. The molecule has 3 heterocycles. The van der Waals surface area contributed by atoms with Gasteiger partial charge in [-0.2, -0.15) is 4.98 Å². The zero-order valence-electron chi connectivity index (χ0n) is 13.7. The van der Waals surface area contributed by atoms with Crippen molar-refractivity contribution in [2.45, 2.75) is 26.2 Å². The molecule has 6 heteroatoms. The third kappa shape index (κ3) is 2.58. The van der Waals surface area contributed by atoms with Gasteiger partial charge in [-0.05, 0) is 30.2 Å². The van der Waals surface area contributed by atoms with Crippen molar-refractivity contribution in [3.8, 4) is 0 Å². The van der Waals surface area contributed by atoms with Crippen LogP contribution in [0.1, 0.15) is 37.6 Å². The molecule has 0 aliphatic carbocycles. The molecule has 4 rings (SSSR count). The van der Waals surface area contributed by atoms with Crippen molar-refractivity contribution in [1.29, 1.82) is 0 Å². The lowest BCUT2D eigenvalue weighted by Crippen LogP contribution is -2.28. The summed E-state index contributed by atoms with van der Waals surface area (Å²) < 4.78 is 18.7. The van der Waals surface area contributed by atoms with Gasteiger partial charge < -0.3 is 14.4 Å². The summed E-state index contributed by atoms with van der Waals surface area (Å²) in [6.45, 7) is 5.63. The highest BCUT2D eigenvalue weighted by atomic mass is 19.1. The first-order chi connectivity index (χ1) is 11.6. The number of rotatable bonds is 3. The monoisotopic (exact) mass is 326 g/mol. The van der Waals surface area contributed by atoms with Gasteiger partial charge in [0.1, 0.15) is 5.82 Å². The Morgan fingerprint density at radius 3 is 2.92 bits per heavy atom. The number of hydrogen-bond acceptors (Lipinski definition) is 4. The zero-order chi connectivity index (χ0) is 16.7. The second-order valence-electron chi connectivity index (χ2n) is 6.41. The molecule has 124 valence electrons. The van der Waals surface area contributed by atoms with E-state index in [-0.39, 0.29) is 11.7 Å². The number of fused-ring (bicyclic) bond motifs is 1. The molecule has 0 radical (unpaired) electrons. The van der Waals surface area contributed by atoms with Gasteiger partial charge in [-0.3, -0.25) is 0 Å². The van der Waals surface area contributed by atoms with Crippen LogP contribution < -0.4 is 4.90 Å². The van der Waals surface area contributed by atoms with Crippen LogP contribution >= 0.6 is 0 Å². The van der Waals surface area contributed by atoms with Gasteiger partial charge in [-0.15, -0.1) is 0 Å². The van der Waals surface area contributed by atoms with Gasteiger partial charge in [-0.1, -0.05) is 25.1 Å². The molecule has 2 aromatic heterocycles. The van der Waals surface area contributed by atoms with E-state index in [2.05, 4.69) is 26.1 Å². The summed E-state index contributed by atoms with van der Waals surface area (Å²) >= 11 is 0. The fourth-order valence-corrected chi connectivity index (χ4v) is 3.04. The van der Waals surface area contributed by atoms with E-state index in [1.807, 2.05) is 26.1 Å². The van der Waals surface area contributed by atoms with Crippen LogP contribution in [0.25, 0.3) is 16.5 Å². The minimum Gasteiger partial charge on any atom is -0.360 e. The van der Waals surface area contributed by atoms with Crippen molar-refractivity contribution in [2.24, 2.45) is 0 Å². The van der Waals surface area contributed by atoms with Crippen LogP contribution in [0.3, 0.4) is 0 Å². The fraction of sp³-hybridized carbons (Fsp3) is 0.333. The van der Waals surface area contributed by atoms with Crippen LogP contribution in [0.2, 0.25) is 0 Å². The van der Waals surface area contributed by atoms with Crippen molar-refractivity contribution in [3.05, 3.63) is 47.7 Å². The lowest BCUT2D eigenvalue weighted by molar-refractivity contribution is 0.405. The molecule has 0 spiro atoms. The predicted octanol–water partition coefficient (Wildman–Crippen LogP) is 4.11. The Morgan fingerprint density at radius 2 is 2.21 bits per heavy atom. The summed E-state index contributed by atoms with van der Waals surface area (Å²) in [6.07, 6.45) is 5.01. The fourth-order valence-electron chi connectivity index (χ4n) is 3.04. The molecule has 24 heavy (non-hydrogen) atoms. The molecule has 1 aromatic carbocycles. The van der Waals surface area contributed by atoms with Crippen molar-refractivity contribution < 1.29 is 8.91 Å². The normalized spacial score (nSPS) is 15.3. The number of aromatic nitrogens is 3. The maximum absolute atomic E-state index is 13.3. The predicted molar refractivity (Wildman–Crippen MR) is 91.5 cm³/mol. The van der Waals surface area contributed by atoms with E-state index in [1.165, 1.54) is 17.7 Å². The molecule has 1 aliphatic rings. The number of anilines is 1. The molecule has 3 aromatic rings. The number of benzene rings is 1. The highest BCUT2D eigenvalue weighted by Gasteiger charge is 2.20. The molecule has 0 unspecified atom stereocenters. The first-order valence-corrected chi connectivity index (χ1v) is 8.16. The van der Waals surface area contributed by atoms with E-state index in [1.54, 1.807) is 0 Å². The number of nitrogens with zero attached hydrogens (tertiary/aromatic N) is 3. The molecule has 0 bridgehead atoms. The quantitative estimate of drug-likeness (QED) is 0.787. The maximum Gasteiger partial charge on any atom is 0.324 e. The van der Waals surface area contributed by atoms with Gasteiger partial charge >= 0.3 is 6.01 Å². The highest BCUT2D eigenvalue weighted by molar-refractivity contribution is 5.93. The van der Waals surface area contributed by atoms with Gasteiger partial charge in [0.2, 0.25) is 0 Å². The summed E-state index contributed by atoms with van der Waals surface area (Å²) in [7, 11) is 0. The Bertz CT molecular complexity index is 909. The first-order valence-electron chi connectivity index (χ1n) is 8.16. The molecule has 1 N–H and O–H groups in total. The Labute approximate surface area is 139 Å². The molecule has 0 atom stereocenters. The summed E-state index contributed by atoms with van der Waals surface area (Å²) in [5.74, 6) is 0.764. The number of hydrogen-bond donors (Lipinski definition) is 1. The van der Waals surface area contributed by atoms with E-state index < -0.39 is 0 Å². The number of aromatic amines is 1. The van der Waals surface area contributed by atoms with Crippen LogP contribution in [0.4, 0.5) is 10.4 Å². The van der Waals surface area contributed by atoms with Gasteiger partial charge in [0.25, 0.3) is 0 Å². The van der Waals surface area contributed by atoms with Crippen LogP contribution in [0, 0.1) is 5.82 Å². The lowest BCUT2D eigenvalue weighted by Gasteiger charge is -2.24. The zero-order valence-corrected chi connectivity index (χ0v) is 13.7. The summed E-state index contributed by atoms with van der Waals surface area (Å²) in [5, 5.41) is 5.07. The van der Waals surface area contributed by atoms with Crippen molar-refractivity contribution in [3.63, 3.8) is 0 Å². The van der Waals surface area contributed by atoms with Crippen molar-refractivity contribution in [1.82, 2.24) is 15.1 Å². The molecule has 0 saturated carbocycles. The third-order valence-electron chi connectivity index (χ3n) is 4.42. The molecule has 0 fully saturated rings. The lowest BCUT2D eigenvalue weighted by atomic mass is 9.99. The third-order valence-corrected chi connectivity index (χ3v) is 4.42. The smallest absolute Gasteiger partial charge is 0.324 e. The van der Waals surface area contributed by atoms with E-state index >= 15 is 0 Å². The van der Waals surface area contributed by atoms with Crippen molar-refractivity contribution in [2.75, 3.05) is 18.0 Å². The van der Waals surface area contributed by atoms with Crippen LogP contribution in [-0.4, -0.2) is 28.2 Å². The minimum atomic E-state index is -0.225. The van der Waals surface area contributed by atoms with Gasteiger partial charge in [0.05, 0.1) is 0 Å². The highest BCUT2D eigenvalue weighted by Crippen LogP contribution is 2.30. The standard InChI is InChI=1S/C18H19FN4O/c1-11(2)17-21-18(24-22-17)23-7-5-12(6-8-23)15-10-20-16-9-13(19)3-4-14(15)16/h3-5,9-11,20H,6-8H2,1-2H3. The SMILES string of the molecule is CC(C)c1noc(N2CC=C(c3c[nH]c4cc(F)ccc34)CC2)n1. The van der Waals surface area contributed by atoms with E-state index in [4.69, 9.17) is 4.52 Å². The topological polar surface area (TPSA) is 58.0 Å². The van der Waals surface area contributed by atoms with Crippen LogP contribution in [0.5, 0.6) is 0 Å². The largest absolute Gasteiger partial charge is 0.360 e. The number of H-pyrrole nitrogens is 1. The van der Waals surface area contributed by atoms with E-state index in [0.717, 1.165) is 41.8 Å². The number of nitrogens with one attached hydrogen (secondary N) is 1. The molecule has 0 amide bonds. The Hall–Kier alpha value is -2.63. The van der Waals surface area contributed by atoms with E-state index in [0.29, 0.717) is 6.01 Å². The summed E-state index contributed by atoms with van der Waals surface area (Å²) in [4.78, 5) is 9.68. The summed E-state index contributed by atoms with van der Waals surface area (Å²) in [5.41, 5.74) is 3.22. The van der Waals surface area contributed by atoms with Gasteiger partial charge in [0.15, 0.2) is 5.82 Å².